The van der Waals surface area contributed by atoms with Gasteiger partial charge in [0.15, 0.2) is 0 Å². The van der Waals surface area contributed by atoms with E-state index in [1.807, 2.05) is 59.4 Å². The van der Waals surface area contributed by atoms with Crippen LogP contribution in [0.2, 0.25) is 0 Å². The van der Waals surface area contributed by atoms with Crippen LogP contribution in [0.1, 0.15) is 43.0 Å². The normalized spacial score (nSPS) is 18.2. The maximum Gasteiger partial charge on any atom is 0.227 e. The first-order valence-electron chi connectivity index (χ1n) is 11.7. The van der Waals surface area contributed by atoms with Gasteiger partial charge in [0.2, 0.25) is 11.9 Å². The van der Waals surface area contributed by atoms with Crippen LogP contribution in [-0.4, -0.2) is 57.3 Å². The fourth-order valence-electron chi connectivity index (χ4n) is 4.98. The van der Waals surface area contributed by atoms with E-state index in [2.05, 4.69) is 9.88 Å². The van der Waals surface area contributed by atoms with Crippen LogP contribution in [0.15, 0.2) is 42.7 Å². The van der Waals surface area contributed by atoms with Crippen LogP contribution in [0.4, 0.5) is 5.95 Å². The summed E-state index contributed by atoms with van der Waals surface area (Å²) in [5.74, 6) is 1.62. The molecule has 4 heterocycles. The van der Waals surface area contributed by atoms with E-state index in [4.69, 9.17) is 14.8 Å². The van der Waals surface area contributed by atoms with Crippen molar-refractivity contribution in [2.45, 2.75) is 38.1 Å². The van der Waals surface area contributed by atoms with Gasteiger partial charge in [0.25, 0.3) is 0 Å². The summed E-state index contributed by atoms with van der Waals surface area (Å²) in [5.41, 5.74) is 3.65. The number of anilines is 1. The first kappa shape index (κ1) is 21.4. The topological polar surface area (TPSA) is 76.4 Å². The van der Waals surface area contributed by atoms with Gasteiger partial charge in [-0.15, -0.1) is 0 Å². The molecule has 0 aliphatic carbocycles. The van der Waals surface area contributed by atoms with Crippen LogP contribution in [0, 0.1) is 0 Å². The summed E-state index contributed by atoms with van der Waals surface area (Å²) in [4.78, 5) is 26.9. The van der Waals surface area contributed by atoms with Crippen molar-refractivity contribution in [2.24, 2.45) is 7.05 Å². The molecule has 2 saturated heterocycles. The summed E-state index contributed by atoms with van der Waals surface area (Å²) < 4.78 is 7.27. The number of ether oxygens (including phenoxy) is 1. The zero-order valence-corrected chi connectivity index (χ0v) is 19.3. The number of methoxy groups -OCH3 is 1. The summed E-state index contributed by atoms with van der Waals surface area (Å²) in [6.45, 7) is 2.73. The van der Waals surface area contributed by atoms with Gasteiger partial charge in [-0.25, -0.2) is 9.97 Å². The van der Waals surface area contributed by atoms with E-state index < -0.39 is 0 Å². The van der Waals surface area contributed by atoms with Gasteiger partial charge < -0.3 is 14.5 Å². The second kappa shape index (κ2) is 9.21. The van der Waals surface area contributed by atoms with E-state index in [9.17, 15) is 4.79 Å². The van der Waals surface area contributed by atoms with Crippen molar-refractivity contribution in [1.29, 1.82) is 0 Å². The van der Waals surface area contributed by atoms with E-state index in [0.717, 1.165) is 66.7 Å². The Morgan fingerprint density at radius 2 is 1.94 bits per heavy atom. The smallest absolute Gasteiger partial charge is 0.227 e. The van der Waals surface area contributed by atoms with Crippen LogP contribution in [0.3, 0.4) is 0 Å². The minimum atomic E-state index is -0.0615. The summed E-state index contributed by atoms with van der Waals surface area (Å²) in [7, 11) is 3.56. The summed E-state index contributed by atoms with van der Waals surface area (Å²) in [6.07, 6.45) is 8.36. The molecule has 0 N–H and O–H groups in total. The van der Waals surface area contributed by atoms with Crippen LogP contribution in [-0.2, 0) is 18.3 Å². The first-order valence-corrected chi connectivity index (χ1v) is 11.7. The molecule has 2 fully saturated rings. The summed E-state index contributed by atoms with van der Waals surface area (Å²) in [5, 5.41) is 4.79. The van der Waals surface area contributed by atoms with Crippen molar-refractivity contribution >= 4 is 11.9 Å². The molecule has 2 aliphatic rings. The molecule has 172 valence electrons. The predicted octanol–water partition coefficient (Wildman–Crippen LogP) is 3.39. The van der Waals surface area contributed by atoms with Gasteiger partial charge in [-0.3, -0.25) is 9.48 Å². The molecule has 5 rings (SSSR count). The number of amides is 1. The first-order chi connectivity index (χ1) is 16.1. The van der Waals surface area contributed by atoms with Crippen LogP contribution in [0.5, 0.6) is 5.75 Å². The molecule has 8 nitrogen and oxygen atoms in total. The van der Waals surface area contributed by atoms with Gasteiger partial charge >= 0.3 is 0 Å². The molecule has 8 heteroatoms. The quantitative estimate of drug-likeness (QED) is 0.578. The molecule has 0 radical (unpaired) electrons. The van der Waals surface area contributed by atoms with E-state index in [1.54, 1.807) is 7.11 Å². The highest BCUT2D eigenvalue weighted by Crippen LogP contribution is 2.37. The van der Waals surface area contributed by atoms with Crippen molar-refractivity contribution in [2.75, 3.05) is 31.6 Å². The molecule has 2 aromatic heterocycles. The highest BCUT2D eigenvalue weighted by atomic mass is 16.5. The molecule has 1 aromatic carbocycles. The molecule has 1 atom stereocenters. The lowest BCUT2D eigenvalue weighted by Crippen LogP contribution is -2.32. The SMILES string of the molecule is COc1ccccc1CC(=O)N1CCCC1c1nn(C)cc1-c1ccnc(N2CCCC2)n1. The molecule has 0 bridgehead atoms. The number of carbonyl (C=O) groups excluding carboxylic acids is 1. The fourth-order valence-corrected chi connectivity index (χ4v) is 4.98. The highest BCUT2D eigenvalue weighted by Gasteiger charge is 2.34. The van der Waals surface area contributed by atoms with Gasteiger partial charge in [-0.05, 0) is 37.8 Å². The third-order valence-electron chi connectivity index (χ3n) is 6.59. The van der Waals surface area contributed by atoms with Crippen molar-refractivity contribution in [3.8, 4) is 17.0 Å². The average Bonchev–Trinajstić information content (AvgIpc) is 3.60. The largest absolute Gasteiger partial charge is 0.496 e. The number of hydrogen-bond acceptors (Lipinski definition) is 6. The Kier molecular flexibility index (Phi) is 5.98. The lowest BCUT2D eigenvalue weighted by Gasteiger charge is -2.25. The molecule has 33 heavy (non-hydrogen) atoms. The van der Waals surface area contributed by atoms with Crippen molar-refractivity contribution in [3.05, 3.63) is 54.0 Å². The maximum atomic E-state index is 13.4. The minimum absolute atomic E-state index is 0.0615. The number of nitrogens with zero attached hydrogens (tertiary/aromatic N) is 6. The lowest BCUT2D eigenvalue weighted by atomic mass is 10.0. The Labute approximate surface area is 194 Å². The number of aromatic nitrogens is 4. The standard InChI is InChI=1S/C25H30N6O2/c1-29-17-19(20-11-12-26-25(27-20)30-13-5-6-14-30)24(28-29)21-9-7-15-31(21)23(32)16-18-8-3-4-10-22(18)33-2/h3-4,8,10-12,17,21H,5-7,9,13-16H2,1-2H3. The zero-order chi connectivity index (χ0) is 22.8. The summed E-state index contributed by atoms with van der Waals surface area (Å²) >= 11 is 0. The Hall–Kier alpha value is -3.42. The van der Waals surface area contributed by atoms with Crippen LogP contribution in [0.25, 0.3) is 11.3 Å². The third-order valence-corrected chi connectivity index (χ3v) is 6.59. The van der Waals surface area contributed by atoms with Gasteiger partial charge in [0.1, 0.15) is 5.75 Å². The van der Waals surface area contributed by atoms with Crippen LogP contribution >= 0.6 is 0 Å². The number of hydrogen-bond donors (Lipinski definition) is 0. The van der Waals surface area contributed by atoms with Crippen molar-refractivity contribution < 1.29 is 9.53 Å². The minimum Gasteiger partial charge on any atom is -0.496 e. The maximum absolute atomic E-state index is 13.4. The predicted molar refractivity (Wildman–Crippen MR) is 126 cm³/mol. The third kappa shape index (κ3) is 4.29. The molecule has 0 spiro atoms. The monoisotopic (exact) mass is 446 g/mol. The fraction of sp³-hybridized carbons (Fsp3) is 0.440. The second-order valence-corrected chi connectivity index (χ2v) is 8.77. The molecular weight excluding hydrogens is 416 g/mol. The van der Waals surface area contributed by atoms with Gasteiger partial charge in [0.05, 0.1) is 31.0 Å². The van der Waals surface area contributed by atoms with Gasteiger partial charge in [0, 0.05) is 50.2 Å². The van der Waals surface area contributed by atoms with E-state index >= 15 is 0 Å². The van der Waals surface area contributed by atoms with Gasteiger partial charge in [-0.1, -0.05) is 18.2 Å². The number of para-hydroxylation sites is 1. The Morgan fingerprint density at radius 1 is 1.12 bits per heavy atom. The molecule has 0 saturated carbocycles. The number of likely N-dealkylation sites (tertiary alicyclic amines) is 1. The van der Waals surface area contributed by atoms with E-state index in [1.165, 1.54) is 12.8 Å². The van der Waals surface area contributed by atoms with E-state index in [-0.39, 0.29) is 11.9 Å². The molecule has 3 aromatic rings. The average molecular weight is 447 g/mol. The number of rotatable bonds is 6. The molecule has 2 aliphatic heterocycles. The second-order valence-electron chi connectivity index (χ2n) is 8.77. The van der Waals surface area contributed by atoms with E-state index in [0.29, 0.717) is 6.42 Å². The number of aryl methyl sites for hydroxylation is 1. The Bertz CT molecular complexity index is 1140. The highest BCUT2D eigenvalue weighted by molar-refractivity contribution is 5.80. The van der Waals surface area contributed by atoms with Crippen LogP contribution < -0.4 is 9.64 Å². The lowest BCUT2D eigenvalue weighted by molar-refractivity contribution is -0.131. The summed E-state index contributed by atoms with van der Waals surface area (Å²) in [6, 6.07) is 9.59. The number of carbonyl (C=O) groups is 1. The Morgan fingerprint density at radius 3 is 2.76 bits per heavy atom. The Balaban J connectivity index is 1.43. The van der Waals surface area contributed by atoms with Gasteiger partial charge in [-0.2, -0.15) is 5.10 Å². The number of benzene rings is 1. The zero-order valence-electron chi connectivity index (χ0n) is 19.3. The molecule has 1 amide bonds. The van der Waals surface area contributed by atoms with Crippen molar-refractivity contribution in [3.63, 3.8) is 0 Å². The molecular formula is C25H30N6O2. The van der Waals surface area contributed by atoms with Crippen molar-refractivity contribution in [1.82, 2.24) is 24.6 Å². The molecule has 1 unspecified atom stereocenters.